The number of piperazine rings is 1. The van der Waals surface area contributed by atoms with Gasteiger partial charge in [0.05, 0.1) is 26.5 Å². The zero-order valence-electron chi connectivity index (χ0n) is 19.2. The predicted molar refractivity (Wildman–Crippen MR) is 126 cm³/mol. The van der Waals surface area contributed by atoms with Gasteiger partial charge >= 0.3 is 0 Å². The monoisotopic (exact) mass is 448 g/mol. The van der Waals surface area contributed by atoms with Gasteiger partial charge in [0, 0.05) is 37.3 Å². The van der Waals surface area contributed by atoms with Gasteiger partial charge in [-0.1, -0.05) is 0 Å². The van der Waals surface area contributed by atoms with Crippen molar-refractivity contribution in [2.75, 3.05) is 51.9 Å². The molecule has 0 saturated carbocycles. The van der Waals surface area contributed by atoms with Crippen LogP contribution in [0.3, 0.4) is 0 Å². The van der Waals surface area contributed by atoms with Crippen molar-refractivity contribution in [3.05, 3.63) is 60.2 Å². The number of benzene rings is 2. The van der Waals surface area contributed by atoms with Crippen LogP contribution in [0.2, 0.25) is 0 Å². The lowest BCUT2D eigenvalue weighted by Gasteiger charge is -2.35. The third kappa shape index (κ3) is 5.00. The quantitative estimate of drug-likeness (QED) is 0.547. The minimum absolute atomic E-state index is 0.0348. The molecule has 0 N–H and O–H groups in total. The number of rotatable bonds is 7. The molecule has 1 fully saturated rings. The molecule has 0 spiro atoms. The van der Waals surface area contributed by atoms with Gasteiger partial charge in [-0.15, -0.1) is 10.2 Å². The lowest BCUT2D eigenvalue weighted by atomic mass is 10.1. The smallest absolute Gasteiger partial charge is 0.253 e. The molecule has 2 heterocycles. The van der Waals surface area contributed by atoms with Crippen LogP contribution in [0, 0.1) is 0 Å². The van der Waals surface area contributed by atoms with Crippen LogP contribution in [0.4, 0.5) is 5.82 Å². The fraction of sp³-hybridized carbons (Fsp3) is 0.320. The standard InChI is InChI=1S/C25H28N4O4/c1-4-33-20-8-5-18(6-9-20)25(30)29-15-13-28(14-16-29)24-12-10-21(26-27-24)19-7-11-22(31-2)23(17-19)32-3/h5-12,17H,4,13-16H2,1-3H3. The highest BCUT2D eigenvalue weighted by Gasteiger charge is 2.23. The lowest BCUT2D eigenvalue weighted by Crippen LogP contribution is -2.49. The maximum atomic E-state index is 12.8. The molecule has 1 aliphatic heterocycles. The number of methoxy groups -OCH3 is 2. The SMILES string of the molecule is CCOc1ccc(C(=O)N2CCN(c3ccc(-c4ccc(OC)c(OC)c4)nn3)CC2)cc1. The maximum Gasteiger partial charge on any atom is 0.253 e. The summed E-state index contributed by atoms with van der Waals surface area (Å²) in [4.78, 5) is 16.8. The number of anilines is 1. The highest BCUT2D eigenvalue weighted by atomic mass is 16.5. The Bertz CT molecular complexity index is 1080. The Morgan fingerprint density at radius 2 is 1.61 bits per heavy atom. The number of nitrogens with zero attached hydrogens (tertiary/aromatic N) is 4. The summed E-state index contributed by atoms with van der Waals surface area (Å²) in [5.41, 5.74) is 2.33. The summed E-state index contributed by atoms with van der Waals surface area (Å²) in [5.74, 6) is 2.92. The fourth-order valence-corrected chi connectivity index (χ4v) is 3.83. The van der Waals surface area contributed by atoms with E-state index in [0.717, 1.165) is 22.8 Å². The highest BCUT2D eigenvalue weighted by Crippen LogP contribution is 2.31. The molecule has 8 heteroatoms. The van der Waals surface area contributed by atoms with E-state index in [2.05, 4.69) is 15.1 Å². The van der Waals surface area contributed by atoms with Crippen molar-refractivity contribution in [2.45, 2.75) is 6.92 Å². The zero-order valence-corrected chi connectivity index (χ0v) is 19.2. The van der Waals surface area contributed by atoms with Crippen LogP contribution in [-0.2, 0) is 0 Å². The molecular formula is C25H28N4O4. The molecule has 0 atom stereocenters. The topological polar surface area (TPSA) is 77.0 Å². The summed E-state index contributed by atoms with van der Waals surface area (Å²) in [6.45, 7) is 5.21. The molecule has 1 aromatic heterocycles. The van der Waals surface area contributed by atoms with Gasteiger partial charge in [0.1, 0.15) is 5.75 Å². The molecule has 172 valence electrons. The van der Waals surface area contributed by atoms with E-state index in [-0.39, 0.29) is 5.91 Å². The van der Waals surface area contributed by atoms with Gasteiger partial charge in [0.2, 0.25) is 0 Å². The molecule has 8 nitrogen and oxygen atoms in total. The van der Waals surface area contributed by atoms with Crippen molar-refractivity contribution < 1.29 is 19.0 Å². The molecular weight excluding hydrogens is 420 g/mol. The van der Waals surface area contributed by atoms with E-state index in [1.54, 1.807) is 14.2 Å². The molecule has 1 amide bonds. The normalized spacial score (nSPS) is 13.5. The van der Waals surface area contributed by atoms with Gasteiger partial charge in [0.25, 0.3) is 5.91 Å². The van der Waals surface area contributed by atoms with Crippen LogP contribution >= 0.6 is 0 Å². The molecule has 0 aliphatic carbocycles. The first kappa shape index (κ1) is 22.4. The number of hydrogen-bond acceptors (Lipinski definition) is 7. The van der Waals surface area contributed by atoms with Crippen LogP contribution in [0.5, 0.6) is 17.2 Å². The molecule has 0 unspecified atom stereocenters. The molecule has 2 aromatic carbocycles. The maximum absolute atomic E-state index is 12.8. The molecule has 1 aliphatic rings. The van der Waals surface area contributed by atoms with Crippen molar-refractivity contribution >= 4 is 11.7 Å². The highest BCUT2D eigenvalue weighted by molar-refractivity contribution is 5.94. The van der Waals surface area contributed by atoms with Crippen molar-refractivity contribution in [2.24, 2.45) is 0 Å². The second-order valence-corrected chi connectivity index (χ2v) is 7.58. The summed E-state index contributed by atoms with van der Waals surface area (Å²) in [6.07, 6.45) is 0. The first-order chi connectivity index (χ1) is 16.1. The summed E-state index contributed by atoms with van der Waals surface area (Å²) < 4.78 is 16.1. The average Bonchev–Trinajstić information content (AvgIpc) is 2.88. The van der Waals surface area contributed by atoms with E-state index in [1.165, 1.54) is 0 Å². The number of aromatic nitrogens is 2. The van der Waals surface area contributed by atoms with Gasteiger partial charge in [-0.2, -0.15) is 0 Å². The Labute approximate surface area is 193 Å². The Kier molecular flexibility index (Phi) is 6.92. The Hall–Kier alpha value is -3.81. The van der Waals surface area contributed by atoms with Crippen molar-refractivity contribution in [1.29, 1.82) is 0 Å². The fourth-order valence-electron chi connectivity index (χ4n) is 3.83. The van der Waals surface area contributed by atoms with Crippen molar-refractivity contribution in [3.8, 4) is 28.5 Å². The average molecular weight is 449 g/mol. The number of carbonyl (C=O) groups is 1. The number of hydrogen-bond donors (Lipinski definition) is 0. The Balaban J connectivity index is 1.37. The third-order valence-electron chi connectivity index (χ3n) is 5.63. The van der Waals surface area contributed by atoms with Gasteiger partial charge in [-0.05, 0) is 61.5 Å². The number of carbonyl (C=O) groups excluding carboxylic acids is 1. The first-order valence-electron chi connectivity index (χ1n) is 11.0. The Morgan fingerprint density at radius 1 is 0.879 bits per heavy atom. The van der Waals surface area contributed by atoms with E-state index < -0.39 is 0 Å². The molecule has 4 rings (SSSR count). The molecule has 33 heavy (non-hydrogen) atoms. The first-order valence-corrected chi connectivity index (χ1v) is 11.0. The van der Waals surface area contributed by atoms with Gasteiger partial charge in [0.15, 0.2) is 17.3 Å². The van der Waals surface area contributed by atoms with E-state index in [4.69, 9.17) is 14.2 Å². The van der Waals surface area contributed by atoms with E-state index >= 15 is 0 Å². The van der Waals surface area contributed by atoms with Crippen LogP contribution < -0.4 is 19.1 Å². The van der Waals surface area contributed by atoms with Gasteiger partial charge in [-0.25, -0.2) is 0 Å². The van der Waals surface area contributed by atoms with Gasteiger partial charge < -0.3 is 24.0 Å². The van der Waals surface area contributed by atoms with Crippen LogP contribution in [0.15, 0.2) is 54.6 Å². The second-order valence-electron chi connectivity index (χ2n) is 7.58. The van der Waals surface area contributed by atoms with E-state index in [9.17, 15) is 4.79 Å². The number of ether oxygens (including phenoxy) is 3. The predicted octanol–water partition coefficient (Wildman–Crippen LogP) is 3.52. The molecule has 1 saturated heterocycles. The number of amides is 1. The van der Waals surface area contributed by atoms with Crippen LogP contribution in [0.1, 0.15) is 17.3 Å². The van der Waals surface area contributed by atoms with Crippen LogP contribution in [0.25, 0.3) is 11.3 Å². The Morgan fingerprint density at radius 3 is 2.21 bits per heavy atom. The van der Waals surface area contributed by atoms with Crippen molar-refractivity contribution in [1.82, 2.24) is 15.1 Å². The van der Waals surface area contributed by atoms with Crippen LogP contribution in [-0.4, -0.2) is 68.0 Å². The van der Waals surface area contributed by atoms with Crippen molar-refractivity contribution in [3.63, 3.8) is 0 Å². The lowest BCUT2D eigenvalue weighted by molar-refractivity contribution is 0.0746. The van der Waals surface area contributed by atoms with E-state index in [1.807, 2.05) is 66.4 Å². The third-order valence-corrected chi connectivity index (χ3v) is 5.63. The minimum atomic E-state index is 0.0348. The molecule has 0 bridgehead atoms. The minimum Gasteiger partial charge on any atom is -0.494 e. The van der Waals surface area contributed by atoms with E-state index in [0.29, 0.717) is 49.8 Å². The second kappa shape index (κ2) is 10.2. The van der Waals surface area contributed by atoms with Gasteiger partial charge in [-0.3, -0.25) is 4.79 Å². The largest absolute Gasteiger partial charge is 0.494 e. The summed E-state index contributed by atoms with van der Waals surface area (Å²) >= 11 is 0. The summed E-state index contributed by atoms with van der Waals surface area (Å²) in [7, 11) is 3.22. The zero-order chi connectivity index (χ0) is 23.2. The molecule has 0 radical (unpaired) electrons. The molecule has 3 aromatic rings. The summed E-state index contributed by atoms with van der Waals surface area (Å²) in [5, 5.41) is 8.82. The summed E-state index contributed by atoms with van der Waals surface area (Å²) in [6, 6.07) is 16.9.